The Balaban J connectivity index is 2.13. The Hall–Kier alpha value is -0.200. The molecule has 0 amide bonds. The van der Waals surface area contributed by atoms with Gasteiger partial charge in [-0.25, -0.2) is 0 Å². The van der Waals surface area contributed by atoms with E-state index in [0.717, 1.165) is 6.54 Å². The maximum Gasteiger partial charge on any atom is 0.0900 e. The average Bonchev–Trinajstić information content (AvgIpc) is 2.50. The Kier molecular flexibility index (Phi) is 10.2. The second kappa shape index (κ2) is 11.4. The van der Waals surface area contributed by atoms with Crippen molar-refractivity contribution < 1.29 is 14.6 Å². The molecule has 5 heteroatoms. The minimum atomic E-state index is -0.414. The zero-order valence-electron chi connectivity index (χ0n) is 14.0. The number of hydrogen-bond acceptors (Lipinski definition) is 5. The summed E-state index contributed by atoms with van der Waals surface area (Å²) in [7, 11) is 3.77. The van der Waals surface area contributed by atoms with Crippen LogP contribution in [0.5, 0.6) is 0 Å². The van der Waals surface area contributed by atoms with Crippen molar-refractivity contribution in [3.05, 3.63) is 0 Å². The van der Waals surface area contributed by atoms with Crippen LogP contribution in [0.25, 0.3) is 0 Å². The summed E-state index contributed by atoms with van der Waals surface area (Å²) in [5.41, 5.74) is 0. The molecule has 0 aromatic carbocycles. The van der Waals surface area contributed by atoms with E-state index in [0.29, 0.717) is 38.4 Å². The number of nitrogens with one attached hydrogen (secondary N) is 1. The molecule has 2 N–H and O–H groups in total. The minimum Gasteiger partial charge on any atom is -0.389 e. The predicted molar refractivity (Wildman–Crippen MR) is 85.7 cm³/mol. The van der Waals surface area contributed by atoms with Gasteiger partial charge in [0.1, 0.15) is 0 Å². The van der Waals surface area contributed by atoms with E-state index in [9.17, 15) is 5.11 Å². The van der Waals surface area contributed by atoms with E-state index in [-0.39, 0.29) is 0 Å². The summed E-state index contributed by atoms with van der Waals surface area (Å²) in [6.45, 7) is 5.54. The van der Waals surface area contributed by atoms with Gasteiger partial charge >= 0.3 is 0 Å². The number of methoxy groups -OCH3 is 1. The van der Waals surface area contributed by atoms with Crippen LogP contribution in [0, 0.1) is 0 Å². The van der Waals surface area contributed by atoms with Crippen molar-refractivity contribution >= 4 is 0 Å². The third-order valence-electron chi connectivity index (χ3n) is 4.24. The maximum atomic E-state index is 10.00. The zero-order valence-corrected chi connectivity index (χ0v) is 14.0. The van der Waals surface area contributed by atoms with Gasteiger partial charge in [-0.05, 0) is 45.7 Å². The van der Waals surface area contributed by atoms with Crippen LogP contribution in [0.3, 0.4) is 0 Å². The fraction of sp³-hybridized carbons (Fsp3) is 1.00. The average molecular weight is 302 g/mol. The van der Waals surface area contributed by atoms with Crippen molar-refractivity contribution in [2.45, 2.75) is 57.2 Å². The molecule has 1 rings (SSSR count). The molecule has 5 nitrogen and oxygen atoms in total. The lowest BCUT2D eigenvalue weighted by molar-refractivity contribution is -0.00482. The van der Waals surface area contributed by atoms with Crippen molar-refractivity contribution in [3.8, 4) is 0 Å². The molecule has 0 radical (unpaired) electrons. The number of aliphatic hydroxyl groups is 1. The molecular weight excluding hydrogens is 268 g/mol. The molecule has 1 fully saturated rings. The van der Waals surface area contributed by atoms with Crippen LogP contribution >= 0.6 is 0 Å². The van der Waals surface area contributed by atoms with Gasteiger partial charge in [-0.1, -0.05) is 6.92 Å². The lowest BCUT2D eigenvalue weighted by Gasteiger charge is -2.35. The molecule has 0 spiro atoms. The number of aliphatic hydroxyl groups excluding tert-OH is 1. The monoisotopic (exact) mass is 302 g/mol. The van der Waals surface area contributed by atoms with Gasteiger partial charge in [0.05, 0.1) is 25.9 Å². The molecule has 0 saturated heterocycles. The smallest absolute Gasteiger partial charge is 0.0900 e. The van der Waals surface area contributed by atoms with E-state index in [1.165, 1.54) is 32.1 Å². The highest BCUT2D eigenvalue weighted by molar-refractivity contribution is 4.82. The molecule has 1 atom stereocenters. The van der Waals surface area contributed by atoms with Crippen LogP contribution in [0.4, 0.5) is 0 Å². The number of hydrogen-bond donors (Lipinski definition) is 2. The van der Waals surface area contributed by atoms with Crippen LogP contribution in [0.2, 0.25) is 0 Å². The normalized spacial score (nSPS) is 24.4. The van der Waals surface area contributed by atoms with Crippen molar-refractivity contribution in [2.75, 3.05) is 47.1 Å². The first kappa shape index (κ1) is 18.8. The third-order valence-corrected chi connectivity index (χ3v) is 4.24. The second-order valence-electron chi connectivity index (χ2n) is 6.12. The second-order valence-corrected chi connectivity index (χ2v) is 6.12. The highest BCUT2D eigenvalue weighted by Crippen LogP contribution is 2.22. The minimum absolute atomic E-state index is 0.390. The molecule has 0 aromatic heterocycles. The summed E-state index contributed by atoms with van der Waals surface area (Å²) in [4.78, 5) is 2.29. The molecule has 0 aromatic rings. The molecule has 0 bridgehead atoms. The quantitative estimate of drug-likeness (QED) is 0.563. The van der Waals surface area contributed by atoms with Gasteiger partial charge in [0.15, 0.2) is 0 Å². The van der Waals surface area contributed by atoms with Gasteiger partial charge in [-0.3, -0.25) is 0 Å². The van der Waals surface area contributed by atoms with Crippen LogP contribution in [-0.2, 0) is 9.47 Å². The molecule has 0 aliphatic heterocycles. The SMILES string of the molecule is CCCNC1CCC(N(C)CC(O)COCCOC)CC1. The van der Waals surface area contributed by atoms with E-state index in [4.69, 9.17) is 9.47 Å². The molecular formula is C16H34N2O3. The number of likely N-dealkylation sites (N-methyl/N-ethyl adjacent to an activating group) is 1. The largest absolute Gasteiger partial charge is 0.389 e. The zero-order chi connectivity index (χ0) is 15.5. The summed E-state index contributed by atoms with van der Waals surface area (Å²) in [5.74, 6) is 0. The van der Waals surface area contributed by atoms with Crippen LogP contribution < -0.4 is 5.32 Å². The molecule has 0 heterocycles. The van der Waals surface area contributed by atoms with Gasteiger partial charge in [0.25, 0.3) is 0 Å². The summed E-state index contributed by atoms with van der Waals surface area (Å²) < 4.78 is 10.3. The summed E-state index contributed by atoms with van der Waals surface area (Å²) in [5, 5.41) is 13.6. The highest BCUT2D eigenvalue weighted by Gasteiger charge is 2.24. The van der Waals surface area contributed by atoms with E-state index in [2.05, 4.69) is 24.2 Å². The summed E-state index contributed by atoms with van der Waals surface area (Å²) >= 11 is 0. The maximum absolute atomic E-state index is 10.00. The Morgan fingerprint density at radius 2 is 1.95 bits per heavy atom. The van der Waals surface area contributed by atoms with Crippen LogP contribution in [0.1, 0.15) is 39.0 Å². The summed E-state index contributed by atoms with van der Waals surface area (Å²) in [6.07, 6.45) is 5.72. The molecule has 21 heavy (non-hydrogen) atoms. The van der Waals surface area contributed by atoms with E-state index in [1.807, 2.05) is 0 Å². The van der Waals surface area contributed by atoms with Gasteiger partial charge in [0, 0.05) is 25.7 Å². The summed E-state index contributed by atoms with van der Waals surface area (Å²) in [6, 6.07) is 1.29. The highest BCUT2D eigenvalue weighted by atomic mass is 16.5. The Morgan fingerprint density at radius 3 is 2.57 bits per heavy atom. The third kappa shape index (κ3) is 8.12. The standard InChI is InChI=1S/C16H34N2O3/c1-4-9-17-14-5-7-15(8-6-14)18(2)12-16(19)13-21-11-10-20-3/h14-17,19H,4-13H2,1-3H3. The van der Waals surface area contributed by atoms with E-state index in [1.54, 1.807) is 7.11 Å². The van der Waals surface area contributed by atoms with Crippen LogP contribution in [0.15, 0.2) is 0 Å². The van der Waals surface area contributed by atoms with Crippen LogP contribution in [-0.4, -0.2) is 75.3 Å². The Labute approximate surface area is 130 Å². The first-order chi connectivity index (χ1) is 10.2. The fourth-order valence-electron chi connectivity index (χ4n) is 2.97. The van der Waals surface area contributed by atoms with Gasteiger partial charge in [-0.15, -0.1) is 0 Å². The number of nitrogens with zero attached hydrogens (tertiary/aromatic N) is 1. The van der Waals surface area contributed by atoms with E-state index >= 15 is 0 Å². The number of rotatable bonds is 11. The molecule has 1 aliphatic rings. The first-order valence-electron chi connectivity index (χ1n) is 8.35. The van der Waals surface area contributed by atoms with Crippen molar-refractivity contribution in [3.63, 3.8) is 0 Å². The molecule has 1 unspecified atom stereocenters. The lowest BCUT2D eigenvalue weighted by atomic mass is 9.90. The van der Waals surface area contributed by atoms with E-state index < -0.39 is 6.10 Å². The lowest BCUT2D eigenvalue weighted by Crippen LogP contribution is -2.44. The van der Waals surface area contributed by atoms with Crippen molar-refractivity contribution in [1.82, 2.24) is 10.2 Å². The van der Waals surface area contributed by atoms with Gasteiger partial charge in [0.2, 0.25) is 0 Å². The van der Waals surface area contributed by atoms with Gasteiger partial charge in [-0.2, -0.15) is 0 Å². The topological polar surface area (TPSA) is 54.0 Å². The van der Waals surface area contributed by atoms with Crippen molar-refractivity contribution in [2.24, 2.45) is 0 Å². The predicted octanol–water partition coefficient (Wildman–Crippen LogP) is 1.25. The molecule has 1 aliphatic carbocycles. The molecule has 1 saturated carbocycles. The fourth-order valence-corrected chi connectivity index (χ4v) is 2.97. The molecule has 126 valence electrons. The number of ether oxygens (including phenoxy) is 2. The first-order valence-corrected chi connectivity index (χ1v) is 8.35. The van der Waals surface area contributed by atoms with Gasteiger partial charge < -0.3 is 24.8 Å². The Bertz CT molecular complexity index is 246. The van der Waals surface area contributed by atoms with Crippen molar-refractivity contribution in [1.29, 1.82) is 0 Å². The Morgan fingerprint density at radius 1 is 1.24 bits per heavy atom.